The average Bonchev–Trinajstić information content (AvgIpc) is 3.07. The van der Waals surface area contributed by atoms with Crippen LogP contribution in [0.15, 0.2) is 84.9 Å². The normalized spacial score (nSPS) is 11.1. The molecule has 1 N–H and O–H groups in total. The number of ether oxygens (including phenoxy) is 2. The van der Waals surface area contributed by atoms with Crippen molar-refractivity contribution in [3.63, 3.8) is 0 Å². The molecule has 0 aromatic heterocycles. The molecule has 0 heterocycles. The molecule has 0 unspecified atom stereocenters. The van der Waals surface area contributed by atoms with E-state index >= 15 is 0 Å². The highest BCUT2D eigenvalue weighted by atomic mass is 19.4. The number of rotatable bonds is 11. The third-order valence-electron chi connectivity index (χ3n) is 7.60. The predicted octanol–water partition coefficient (Wildman–Crippen LogP) is 7.60. The van der Waals surface area contributed by atoms with Gasteiger partial charge in [-0.15, -0.1) is 0 Å². The largest absolute Gasteiger partial charge is 0.465 e. The number of alkyl halides is 3. The van der Waals surface area contributed by atoms with Crippen LogP contribution in [0.5, 0.6) is 5.75 Å². The molecule has 11 heteroatoms. The van der Waals surface area contributed by atoms with E-state index in [1.165, 1.54) is 30.2 Å². The monoisotopic (exact) mass is 660 g/mol. The molecule has 0 spiro atoms. The highest BCUT2D eigenvalue weighted by Crippen LogP contribution is 2.32. The summed E-state index contributed by atoms with van der Waals surface area (Å²) in [5, 5.41) is 2.79. The minimum atomic E-state index is -4.49. The number of esters is 2. The average molecular weight is 661 g/mol. The molecule has 4 aromatic rings. The molecule has 8 nitrogen and oxygen atoms in total. The molecule has 4 aromatic carbocycles. The molecule has 2 amide bonds. The quantitative estimate of drug-likeness (QED) is 0.131. The van der Waals surface area contributed by atoms with Gasteiger partial charge in [0.15, 0.2) is 0 Å². The Kier molecular flexibility index (Phi) is 11.4. The van der Waals surface area contributed by atoms with E-state index < -0.39 is 29.6 Å². The second kappa shape index (κ2) is 15.4. The van der Waals surface area contributed by atoms with Crippen molar-refractivity contribution in [3.8, 4) is 16.9 Å². The second-order valence-corrected chi connectivity index (χ2v) is 11.1. The lowest BCUT2D eigenvalue weighted by Crippen LogP contribution is -2.24. The smallest absolute Gasteiger partial charge is 0.416 e. The minimum Gasteiger partial charge on any atom is -0.465 e. The summed E-state index contributed by atoms with van der Waals surface area (Å²) in [7, 11) is 4.46. The lowest BCUT2D eigenvalue weighted by atomic mass is 9.97. The van der Waals surface area contributed by atoms with Crippen LogP contribution in [0, 0.1) is 0 Å². The van der Waals surface area contributed by atoms with Crippen LogP contribution in [-0.2, 0) is 28.5 Å². The molecular weight excluding hydrogens is 625 g/mol. The molecule has 250 valence electrons. The standard InChI is InChI=1S/C37H35F3N2O6/c1-5-24-22-26(36(46)47-4)16-20-32(24)48-33(43)12-8-9-23-13-19-31(30(21-23)35(45)42(2)3)41-34(44)29-11-7-6-10-28(29)25-14-17-27(18-15-25)37(38,39)40/h6-7,10-11,13-22H,5,8-9,12H2,1-4H3,(H,41,44). The van der Waals surface area contributed by atoms with Gasteiger partial charge in [0.25, 0.3) is 11.8 Å². The molecule has 0 fully saturated rings. The molecule has 0 aliphatic rings. The van der Waals surface area contributed by atoms with Gasteiger partial charge in [-0.05, 0) is 90.0 Å². The number of carbonyl (C=O) groups excluding carboxylic acids is 4. The maximum absolute atomic E-state index is 13.5. The zero-order valence-electron chi connectivity index (χ0n) is 26.9. The van der Waals surface area contributed by atoms with E-state index in [1.54, 1.807) is 68.7 Å². The Morgan fingerprint density at radius 1 is 0.854 bits per heavy atom. The number of halogens is 3. The number of aryl methyl sites for hydroxylation is 2. The van der Waals surface area contributed by atoms with E-state index in [2.05, 4.69) is 5.32 Å². The molecule has 0 saturated heterocycles. The van der Waals surface area contributed by atoms with E-state index in [0.29, 0.717) is 47.3 Å². The first kappa shape index (κ1) is 35.4. The fourth-order valence-corrected chi connectivity index (χ4v) is 5.05. The molecule has 48 heavy (non-hydrogen) atoms. The Morgan fingerprint density at radius 2 is 1.56 bits per heavy atom. The second-order valence-electron chi connectivity index (χ2n) is 11.1. The summed E-state index contributed by atoms with van der Waals surface area (Å²) in [6, 6.07) is 20.8. The van der Waals surface area contributed by atoms with Crippen molar-refractivity contribution >= 4 is 29.4 Å². The number of benzene rings is 4. The highest BCUT2D eigenvalue weighted by molar-refractivity contribution is 6.11. The first-order valence-electron chi connectivity index (χ1n) is 15.2. The number of nitrogens with zero attached hydrogens (tertiary/aromatic N) is 1. The Morgan fingerprint density at radius 3 is 2.21 bits per heavy atom. The van der Waals surface area contributed by atoms with Crippen LogP contribution in [0.4, 0.5) is 18.9 Å². The number of hydrogen-bond donors (Lipinski definition) is 1. The minimum absolute atomic E-state index is 0.0953. The number of hydrogen-bond acceptors (Lipinski definition) is 6. The van der Waals surface area contributed by atoms with Crippen molar-refractivity contribution in [2.45, 2.75) is 38.8 Å². The third kappa shape index (κ3) is 8.67. The fourth-order valence-electron chi connectivity index (χ4n) is 5.05. The lowest BCUT2D eigenvalue weighted by molar-refractivity contribution is -0.137. The van der Waals surface area contributed by atoms with Gasteiger partial charge in [0, 0.05) is 26.1 Å². The van der Waals surface area contributed by atoms with Gasteiger partial charge in [-0.3, -0.25) is 14.4 Å². The summed E-state index contributed by atoms with van der Waals surface area (Å²) in [5.41, 5.74) is 2.58. The molecule has 0 radical (unpaired) electrons. The maximum atomic E-state index is 13.5. The predicted molar refractivity (Wildman–Crippen MR) is 175 cm³/mol. The van der Waals surface area contributed by atoms with Gasteiger partial charge in [-0.1, -0.05) is 43.3 Å². The van der Waals surface area contributed by atoms with E-state index in [4.69, 9.17) is 9.47 Å². The van der Waals surface area contributed by atoms with Gasteiger partial charge in [-0.25, -0.2) is 4.79 Å². The molecule has 0 aliphatic heterocycles. The van der Waals surface area contributed by atoms with Gasteiger partial charge in [-0.2, -0.15) is 13.2 Å². The number of nitrogens with one attached hydrogen (secondary N) is 1. The van der Waals surface area contributed by atoms with Crippen LogP contribution in [0.3, 0.4) is 0 Å². The molecule has 0 atom stereocenters. The van der Waals surface area contributed by atoms with Crippen LogP contribution in [0.1, 0.15) is 67.5 Å². The van der Waals surface area contributed by atoms with E-state index in [-0.39, 0.29) is 29.1 Å². The summed E-state index contributed by atoms with van der Waals surface area (Å²) >= 11 is 0. The number of methoxy groups -OCH3 is 1. The first-order valence-corrected chi connectivity index (χ1v) is 15.2. The summed E-state index contributed by atoms with van der Waals surface area (Å²) in [5.74, 6) is -1.46. The number of amides is 2. The molecule has 4 rings (SSSR count). The van der Waals surface area contributed by atoms with Crippen LogP contribution in [-0.4, -0.2) is 49.9 Å². The topological polar surface area (TPSA) is 102 Å². The van der Waals surface area contributed by atoms with Crippen molar-refractivity contribution < 1.29 is 41.8 Å². The van der Waals surface area contributed by atoms with Crippen molar-refractivity contribution in [2.75, 3.05) is 26.5 Å². The highest BCUT2D eigenvalue weighted by Gasteiger charge is 2.30. The Labute approximate surface area is 276 Å². The van der Waals surface area contributed by atoms with Crippen molar-refractivity contribution in [1.82, 2.24) is 4.90 Å². The first-order chi connectivity index (χ1) is 22.8. The zero-order valence-corrected chi connectivity index (χ0v) is 26.9. The third-order valence-corrected chi connectivity index (χ3v) is 7.60. The van der Waals surface area contributed by atoms with Gasteiger partial charge in [0.05, 0.1) is 29.5 Å². The van der Waals surface area contributed by atoms with Gasteiger partial charge in [0.2, 0.25) is 0 Å². The number of carbonyl (C=O) groups is 4. The van der Waals surface area contributed by atoms with Gasteiger partial charge >= 0.3 is 18.1 Å². The van der Waals surface area contributed by atoms with Crippen molar-refractivity contribution in [1.29, 1.82) is 0 Å². The van der Waals surface area contributed by atoms with Crippen LogP contribution in [0.2, 0.25) is 0 Å². The molecular formula is C37H35F3N2O6. The fraction of sp³-hybridized carbons (Fsp3) is 0.243. The van der Waals surface area contributed by atoms with E-state index in [0.717, 1.165) is 17.7 Å². The van der Waals surface area contributed by atoms with Gasteiger partial charge < -0.3 is 19.7 Å². The Balaban J connectivity index is 1.47. The van der Waals surface area contributed by atoms with Crippen molar-refractivity contribution in [3.05, 3.63) is 118 Å². The van der Waals surface area contributed by atoms with Crippen LogP contribution in [0.25, 0.3) is 11.1 Å². The van der Waals surface area contributed by atoms with Crippen molar-refractivity contribution in [2.24, 2.45) is 0 Å². The van der Waals surface area contributed by atoms with Crippen LogP contribution >= 0.6 is 0 Å². The van der Waals surface area contributed by atoms with E-state index in [1.807, 2.05) is 6.92 Å². The van der Waals surface area contributed by atoms with E-state index in [9.17, 15) is 32.3 Å². The summed E-state index contributed by atoms with van der Waals surface area (Å²) < 4.78 is 49.6. The number of anilines is 1. The molecule has 0 aliphatic carbocycles. The van der Waals surface area contributed by atoms with Gasteiger partial charge in [0.1, 0.15) is 5.75 Å². The maximum Gasteiger partial charge on any atom is 0.416 e. The summed E-state index contributed by atoms with van der Waals surface area (Å²) in [4.78, 5) is 52.5. The summed E-state index contributed by atoms with van der Waals surface area (Å²) in [6.45, 7) is 1.88. The zero-order chi connectivity index (χ0) is 35.0. The molecule has 0 saturated carbocycles. The molecule has 0 bridgehead atoms. The Bertz CT molecular complexity index is 1820. The SMILES string of the molecule is CCc1cc(C(=O)OC)ccc1OC(=O)CCCc1ccc(NC(=O)c2ccccc2-c2ccc(C(F)(F)F)cc2)c(C(=O)N(C)C)c1. The lowest BCUT2D eigenvalue weighted by Gasteiger charge is -2.17. The summed E-state index contributed by atoms with van der Waals surface area (Å²) in [6.07, 6.45) is -2.99. The Hall–Kier alpha value is -5.45. The van der Waals surface area contributed by atoms with Crippen LogP contribution < -0.4 is 10.1 Å².